The molecule has 1 amide bonds. The van der Waals surface area contributed by atoms with Gasteiger partial charge in [0.25, 0.3) is 5.91 Å². The molecule has 8 heteroatoms. The molecule has 2 aliphatic heterocycles. The van der Waals surface area contributed by atoms with Crippen LogP contribution in [0.15, 0.2) is 24.4 Å². The fourth-order valence-corrected chi connectivity index (χ4v) is 4.38. The second kappa shape index (κ2) is 9.47. The highest BCUT2D eigenvalue weighted by Crippen LogP contribution is 2.28. The monoisotopic (exact) mass is 413 g/mol. The lowest BCUT2D eigenvalue weighted by Crippen LogP contribution is -2.36. The van der Waals surface area contributed by atoms with Crippen LogP contribution in [0.2, 0.25) is 0 Å². The second-order valence-corrected chi connectivity index (χ2v) is 8.12. The van der Waals surface area contributed by atoms with E-state index in [-0.39, 0.29) is 11.9 Å². The quantitative estimate of drug-likeness (QED) is 0.725. The van der Waals surface area contributed by atoms with Crippen LogP contribution in [0.25, 0.3) is 0 Å². The van der Waals surface area contributed by atoms with Gasteiger partial charge in [0.1, 0.15) is 11.5 Å². The van der Waals surface area contributed by atoms with E-state index in [2.05, 4.69) is 21.3 Å². The van der Waals surface area contributed by atoms with Gasteiger partial charge >= 0.3 is 0 Å². The van der Waals surface area contributed by atoms with Crippen molar-refractivity contribution in [1.82, 2.24) is 24.8 Å². The van der Waals surface area contributed by atoms with E-state index in [9.17, 15) is 4.79 Å². The third kappa shape index (κ3) is 4.59. The molecule has 0 saturated carbocycles. The first-order valence-corrected chi connectivity index (χ1v) is 10.8. The maximum absolute atomic E-state index is 12.6. The number of amides is 1. The van der Waals surface area contributed by atoms with Crippen molar-refractivity contribution in [3.63, 3.8) is 0 Å². The fraction of sp³-hybridized carbons (Fsp3) is 0.591. The molecule has 162 valence electrons. The zero-order chi connectivity index (χ0) is 20.9. The third-order valence-electron chi connectivity index (χ3n) is 6.19. The molecule has 4 rings (SSSR count). The first-order chi connectivity index (χ1) is 14.7. The molecule has 0 spiro atoms. The average Bonchev–Trinajstić information content (AvgIpc) is 3.30. The minimum atomic E-state index is 0.0185. The van der Waals surface area contributed by atoms with Crippen LogP contribution in [0.3, 0.4) is 0 Å². The van der Waals surface area contributed by atoms with Crippen LogP contribution in [0, 0.1) is 0 Å². The number of carbonyl (C=O) groups excluding carboxylic acids is 1. The number of benzene rings is 1. The standard InChI is InChI=1S/C22H31N5O3/c1-29-19-7-6-17(21(14-19)30-2)15-25-12-8-18(9-13-25)27-16-20(23-24-27)22(28)26-10-4-3-5-11-26/h6-7,14,16,18H,3-5,8-13,15H2,1-2H3. The van der Waals surface area contributed by atoms with Gasteiger partial charge in [-0.25, -0.2) is 4.68 Å². The molecule has 0 unspecified atom stereocenters. The summed E-state index contributed by atoms with van der Waals surface area (Å²) in [4.78, 5) is 17.0. The molecule has 3 heterocycles. The summed E-state index contributed by atoms with van der Waals surface area (Å²) < 4.78 is 12.7. The van der Waals surface area contributed by atoms with E-state index < -0.39 is 0 Å². The molecule has 0 atom stereocenters. The second-order valence-electron chi connectivity index (χ2n) is 8.12. The summed E-state index contributed by atoms with van der Waals surface area (Å²) in [5.74, 6) is 1.67. The van der Waals surface area contributed by atoms with Gasteiger partial charge in [-0.15, -0.1) is 5.10 Å². The van der Waals surface area contributed by atoms with Crippen LogP contribution in [0.4, 0.5) is 0 Å². The summed E-state index contributed by atoms with van der Waals surface area (Å²) in [5, 5.41) is 8.45. The highest BCUT2D eigenvalue weighted by molar-refractivity contribution is 5.91. The Morgan fingerprint density at radius 2 is 1.83 bits per heavy atom. The van der Waals surface area contributed by atoms with E-state index in [1.54, 1.807) is 14.2 Å². The summed E-state index contributed by atoms with van der Waals surface area (Å²) in [6.45, 7) is 4.44. The van der Waals surface area contributed by atoms with Crippen molar-refractivity contribution < 1.29 is 14.3 Å². The lowest BCUT2D eigenvalue weighted by Gasteiger charge is -2.32. The Labute approximate surface area is 177 Å². The first-order valence-electron chi connectivity index (χ1n) is 10.8. The molecule has 2 aliphatic rings. The normalized spacial score (nSPS) is 18.4. The van der Waals surface area contributed by atoms with E-state index in [1.807, 2.05) is 27.9 Å². The summed E-state index contributed by atoms with van der Waals surface area (Å²) in [5.41, 5.74) is 1.63. The Bertz CT molecular complexity index is 854. The third-order valence-corrected chi connectivity index (χ3v) is 6.19. The van der Waals surface area contributed by atoms with E-state index in [0.717, 1.165) is 75.5 Å². The van der Waals surface area contributed by atoms with Gasteiger partial charge in [0.2, 0.25) is 0 Å². The summed E-state index contributed by atoms with van der Waals surface area (Å²) >= 11 is 0. The largest absolute Gasteiger partial charge is 0.497 e. The molecule has 0 radical (unpaired) electrons. The van der Waals surface area contributed by atoms with E-state index >= 15 is 0 Å². The number of methoxy groups -OCH3 is 2. The molecule has 0 bridgehead atoms. The number of piperidine rings is 2. The van der Waals surface area contributed by atoms with Gasteiger partial charge in [-0.2, -0.15) is 0 Å². The number of hydrogen-bond donors (Lipinski definition) is 0. The highest BCUT2D eigenvalue weighted by Gasteiger charge is 2.25. The van der Waals surface area contributed by atoms with Crippen molar-refractivity contribution in [1.29, 1.82) is 0 Å². The molecule has 0 aliphatic carbocycles. The molecule has 2 aromatic rings. The number of ether oxygens (including phenoxy) is 2. The van der Waals surface area contributed by atoms with Gasteiger partial charge in [-0.3, -0.25) is 9.69 Å². The molecule has 2 saturated heterocycles. The Morgan fingerprint density at radius 3 is 2.53 bits per heavy atom. The molecular weight excluding hydrogens is 382 g/mol. The lowest BCUT2D eigenvalue weighted by molar-refractivity contribution is 0.0718. The summed E-state index contributed by atoms with van der Waals surface area (Å²) in [6.07, 6.45) is 7.17. The fourth-order valence-electron chi connectivity index (χ4n) is 4.38. The van der Waals surface area contributed by atoms with Crippen LogP contribution < -0.4 is 9.47 Å². The molecule has 2 fully saturated rings. The minimum Gasteiger partial charge on any atom is -0.497 e. The SMILES string of the molecule is COc1ccc(CN2CCC(n3cc(C(=O)N4CCCCC4)nn3)CC2)c(OC)c1. The predicted octanol–water partition coefficient (Wildman–Crippen LogP) is 2.76. The van der Waals surface area contributed by atoms with Crippen LogP contribution in [-0.2, 0) is 6.54 Å². The highest BCUT2D eigenvalue weighted by atomic mass is 16.5. The van der Waals surface area contributed by atoms with Gasteiger partial charge in [0, 0.05) is 44.4 Å². The van der Waals surface area contributed by atoms with Crippen LogP contribution in [-0.4, -0.2) is 71.1 Å². The number of aromatic nitrogens is 3. The smallest absolute Gasteiger partial charge is 0.276 e. The zero-order valence-electron chi connectivity index (χ0n) is 17.9. The Balaban J connectivity index is 1.33. The van der Waals surface area contributed by atoms with E-state index in [0.29, 0.717) is 5.69 Å². The van der Waals surface area contributed by atoms with Crippen molar-refractivity contribution in [2.24, 2.45) is 0 Å². The molecule has 0 N–H and O–H groups in total. The van der Waals surface area contributed by atoms with Crippen LogP contribution >= 0.6 is 0 Å². The number of likely N-dealkylation sites (tertiary alicyclic amines) is 2. The number of nitrogens with zero attached hydrogens (tertiary/aromatic N) is 5. The van der Waals surface area contributed by atoms with Crippen molar-refractivity contribution in [3.8, 4) is 11.5 Å². The maximum Gasteiger partial charge on any atom is 0.276 e. The average molecular weight is 414 g/mol. The number of rotatable bonds is 6. The molecule has 8 nitrogen and oxygen atoms in total. The van der Waals surface area contributed by atoms with Crippen LogP contribution in [0.5, 0.6) is 11.5 Å². The minimum absolute atomic E-state index is 0.0185. The van der Waals surface area contributed by atoms with Crippen molar-refractivity contribution in [3.05, 3.63) is 35.7 Å². The van der Waals surface area contributed by atoms with Crippen molar-refractivity contribution in [2.45, 2.75) is 44.7 Å². The summed E-state index contributed by atoms with van der Waals surface area (Å²) in [7, 11) is 3.35. The van der Waals surface area contributed by atoms with Crippen molar-refractivity contribution in [2.75, 3.05) is 40.4 Å². The lowest BCUT2D eigenvalue weighted by atomic mass is 10.0. The maximum atomic E-state index is 12.6. The summed E-state index contributed by atoms with van der Waals surface area (Å²) in [6, 6.07) is 6.26. The Kier molecular flexibility index (Phi) is 6.52. The van der Waals surface area contributed by atoms with E-state index in [1.165, 1.54) is 6.42 Å². The molecule has 1 aromatic heterocycles. The molecule has 1 aromatic carbocycles. The molecule has 30 heavy (non-hydrogen) atoms. The van der Waals surface area contributed by atoms with Crippen LogP contribution in [0.1, 0.15) is 54.2 Å². The predicted molar refractivity (Wildman–Crippen MR) is 113 cm³/mol. The number of hydrogen-bond acceptors (Lipinski definition) is 6. The first kappa shape index (κ1) is 20.7. The topological polar surface area (TPSA) is 72.7 Å². The van der Waals surface area contributed by atoms with Gasteiger partial charge in [0.05, 0.1) is 26.5 Å². The van der Waals surface area contributed by atoms with Crippen molar-refractivity contribution >= 4 is 5.91 Å². The Morgan fingerprint density at radius 1 is 1.07 bits per heavy atom. The number of carbonyl (C=O) groups is 1. The van der Waals surface area contributed by atoms with Gasteiger partial charge in [0.15, 0.2) is 5.69 Å². The molecular formula is C22H31N5O3. The zero-order valence-corrected chi connectivity index (χ0v) is 17.9. The van der Waals surface area contributed by atoms with Gasteiger partial charge in [-0.05, 0) is 38.2 Å². The van der Waals surface area contributed by atoms with Gasteiger partial charge < -0.3 is 14.4 Å². The Hall–Kier alpha value is -2.61. The van der Waals surface area contributed by atoms with Gasteiger partial charge in [-0.1, -0.05) is 11.3 Å². The van der Waals surface area contributed by atoms with E-state index in [4.69, 9.17) is 9.47 Å².